The third-order valence-corrected chi connectivity index (χ3v) is 3.17. The number of guanidine groups is 1. The Hall–Kier alpha value is -2.16. The third kappa shape index (κ3) is 7.97. The van der Waals surface area contributed by atoms with Gasteiger partial charge in [-0.05, 0) is 36.8 Å². The van der Waals surface area contributed by atoms with Gasteiger partial charge in [0, 0.05) is 25.4 Å². The topological polar surface area (TPSA) is 78.4 Å². The van der Waals surface area contributed by atoms with E-state index < -0.39 is 0 Å². The summed E-state index contributed by atoms with van der Waals surface area (Å²) in [4.78, 5) is 20.0. The Morgan fingerprint density at radius 1 is 1.16 bits per heavy atom. The first-order chi connectivity index (χ1) is 11.7. The molecule has 3 N–H and O–H groups in total. The average Bonchev–Trinajstić information content (AvgIpc) is 2.58. The van der Waals surface area contributed by atoms with Gasteiger partial charge in [-0.1, -0.05) is 18.2 Å². The average molecular weight is 453 g/mol. The van der Waals surface area contributed by atoms with Crippen LogP contribution in [0.15, 0.2) is 53.7 Å². The molecule has 1 aromatic carbocycles. The number of pyridine rings is 1. The van der Waals surface area contributed by atoms with E-state index in [0.717, 1.165) is 29.4 Å². The summed E-state index contributed by atoms with van der Waals surface area (Å²) in [5.41, 5.74) is 2.76. The fourth-order valence-electron chi connectivity index (χ4n) is 2.14. The van der Waals surface area contributed by atoms with Gasteiger partial charge in [0.25, 0.3) is 0 Å². The second kappa shape index (κ2) is 11.4. The summed E-state index contributed by atoms with van der Waals surface area (Å²) >= 11 is 0. The van der Waals surface area contributed by atoms with Gasteiger partial charge in [0.15, 0.2) is 5.96 Å². The number of halogens is 1. The Labute approximate surface area is 165 Å². The van der Waals surface area contributed by atoms with Crippen molar-refractivity contribution in [1.82, 2.24) is 15.6 Å². The predicted octanol–water partition coefficient (Wildman–Crippen LogP) is 2.91. The van der Waals surface area contributed by atoms with E-state index in [2.05, 4.69) is 25.9 Å². The van der Waals surface area contributed by atoms with Crippen LogP contribution in [0.3, 0.4) is 0 Å². The van der Waals surface area contributed by atoms with Gasteiger partial charge < -0.3 is 16.0 Å². The number of nitrogens with one attached hydrogen (secondary N) is 3. The number of benzene rings is 1. The zero-order chi connectivity index (χ0) is 17.2. The summed E-state index contributed by atoms with van der Waals surface area (Å²) in [6, 6.07) is 13.5. The highest BCUT2D eigenvalue weighted by Gasteiger charge is 2.01. The van der Waals surface area contributed by atoms with Crippen LogP contribution in [-0.2, 0) is 17.9 Å². The van der Waals surface area contributed by atoms with Crippen molar-refractivity contribution in [3.05, 3.63) is 59.9 Å². The molecule has 2 aromatic rings. The Balaban J connectivity index is 0.00000312. The van der Waals surface area contributed by atoms with Crippen LogP contribution in [0.5, 0.6) is 0 Å². The van der Waals surface area contributed by atoms with Gasteiger partial charge in [0.05, 0.1) is 18.8 Å². The fraction of sp³-hybridized carbons (Fsp3) is 0.278. The Kier molecular flexibility index (Phi) is 9.53. The van der Waals surface area contributed by atoms with Crippen molar-refractivity contribution in [2.75, 3.05) is 11.9 Å². The van der Waals surface area contributed by atoms with E-state index in [-0.39, 0.29) is 29.9 Å². The molecule has 0 saturated heterocycles. The monoisotopic (exact) mass is 453 g/mol. The van der Waals surface area contributed by atoms with Gasteiger partial charge in [-0.3, -0.25) is 9.78 Å². The zero-order valence-electron chi connectivity index (χ0n) is 14.5. The molecular weight excluding hydrogens is 429 g/mol. The molecule has 0 fully saturated rings. The molecule has 7 heteroatoms. The van der Waals surface area contributed by atoms with Gasteiger partial charge in [-0.15, -0.1) is 24.0 Å². The standard InChI is InChI=1S/C18H23N5O.HI/c1-3-19-18(22-13-17-8-4-5-10-20-17)21-12-15-7-6-9-16(11-15)23-14(2)24;/h4-11H,3,12-13H2,1-2H3,(H,23,24)(H2,19,21,22);1H. The van der Waals surface area contributed by atoms with Crippen molar-refractivity contribution >= 4 is 41.5 Å². The molecule has 0 saturated carbocycles. The molecule has 0 aliphatic heterocycles. The number of hydrogen-bond donors (Lipinski definition) is 3. The maximum absolute atomic E-state index is 11.1. The maximum Gasteiger partial charge on any atom is 0.221 e. The third-order valence-electron chi connectivity index (χ3n) is 3.17. The minimum Gasteiger partial charge on any atom is -0.357 e. The van der Waals surface area contributed by atoms with Crippen LogP contribution in [0.1, 0.15) is 25.1 Å². The van der Waals surface area contributed by atoms with Gasteiger partial charge in [-0.2, -0.15) is 0 Å². The number of aromatic nitrogens is 1. The minimum absolute atomic E-state index is 0. The Morgan fingerprint density at radius 2 is 2.00 bits per heavy atom. The molecule has 0 aliphatic carbocycles. The molecule has 0 bridgehead atoms. The Morgan fingerprint density at radius 3 is 2.68 bits per heavy atom. The van der Waals surface area contributed by atoms with Crippen LogP contribution in [0, 0.1) is 0 Å². The lowest BCUT2D eigenvalue weighted by Gasteiger charge is -2.11. The highest BCUT2D eigenvalue weighted by molar-refractivity contribution is 14.0. The van der Waals surface area contributed by atoms with Gasteiger partial charge in [-0.25, -0.2) is 4.99 Å². The summed E-state index contributed by atoms with van der Waals surface area (Å²) in [6.45, 7) is 5.43. The summed E-state index contributed by atoms with van der Waals surface area (Å²) < 4.78 is 0. The van der Waals surface area contributed by atoms with Crippen molar-refractivity contribution < 1.29 is 4.79 Å². The first kappa shape index (κ1) is 20.9. The van der Waals surface area contributed by atoms with Crippen LogP contribution in [0.25, 0.3) is 0 Å². The quantitative estimate of drug-likeness (QED) is 0.357. The number of carbonyl (C=O) groups is 1. The van der Waals surface area contributed by atoms with E-state index in [1.165, 1.54) is 6.92 Å². The molecule has 0 aliphatic rings. The number of anilines is 1. The predicted molar refractivity (Wildman–Crippen MR) is 112 cm³/mol. The molecule has 0 radical (unpaired) electrons. The number of carbonyl (C=O) groups excluding carboxylic acids is 1. The summed E-state index contributed by atoms with van der Waals surface area (Å²) in [5.74, 6) is 0.647. The number of hydrogen-bond acceptors (Lipinski definition) is 3. The highest BCUT2D eigenvalue weighted by atomic mass is 127. The van der Waals surface area contributed by atoms with Crippen molar-refractivity contribution in [1.29, 1.82) is 0 Å². The molecule has 0 unspecified atom stereocenters. The molecule has 25 heavy (non-hydrogen) atoms. The van der Waals surface area contributed by atoms with E-state index in [4.69, 9.17) is 0 Å². The zero-order valence-corrected chi connectivity index (χ0v) is 16.8. The molecule has 0 spiro atoms. The van der Waals surface area contributed by atoms with E-state index in [1.807, 2.05) is 49.4 Å². The van der Waals surface area contributed by atoms with Gasteiger partial charge >= 0.3 is 0 Å². The smallest absolute Gasteiger partial charge is 0.221 e. The lowest BCUT2D eigenvalue weighted by molar-refractivity contribution is -0.114. The molecule has 1 heterocycles. The molecule has 2 rings (SSSR count). The molecular formula is C18H24IN5O. The molecule has 1 aromatic heterocycles. The number of nitrogens with zero attached hydrogens (tertiary/aromatic N) is 2. The summed E-state index contributed by atoms with van der Waals surface area (Å²) in [5, 5.41) is 9.25. The molecule has 134 valence electrons. The summed E-state index contributed by atoms with van der Waals surface area (Å²) in [6.07, 6.45) is 1.77. The van der Waals surface area contributed by atoms with Crippen LogP contribution in [-0.4, -0.2) is 23.4 Å². The van der Waals surface area contributed by atoms with Crippen LogP contribution < -0.4 is 16.0 Å². The lowest BCUT2D eigenvalue weighted by Crippen LogP contribution is -2.37. The first-order valence-corrected chi connectivity index (χ1v) is 7.96. The first-order valence-electron chi connectivity index (χ1n) is 7.96. The van der Waals surface area contributed by atoms with E-state index in [1.54, 1.807) is 6.20 Å². The number of rotatable bonds is 6. The largest absolute Gasteiger partial charge is 0.357 e. The number of aliphatic imine (C=N–C) groups is 1. The van der Waals surface area contributed by atoms with Crippen molar-refractivity contribution in [3.8, 4) is 0 Å². The van der Waals surface area contributed by atoms with Crippen LogP contribution >= 0.6 is 24.0 Å². The van der Waals surface area contributed by atoms with Gasteiger partial charge in [0.1, 0.15) is 0 Å². The second-order valence-electron chi connectivity index (χ2n) is 5.25. The minimum atomic E-state index is -0.0824. The van der Waals surface area contributed by atoms with Crippen molar-refractivity contribution in [2.24, 2.45) is 4.99 Å². The van der Waals surface area contributed by atoms with E-state index in [0.29, 0.717) is 13.1 Å². The molecule has 1 amide bonds. The summed E-state index contributed by atoms with van der Waals surface area (Å²) in [7, 11) is 0. The van der Waals surface area contributed by atoms with Crippen molar-refractivity contribution in [2.45, 2.75) is 26.9 Å². The lowest BCUT2D eigenvalue weighted by atomic mass is 10.2. The Bertz CT molecular complexity index is 691. The second-order valence-corrected chi connectivity index (χ2v) is 5.25. The normalized spacial score (nSPS) is 10.6. The molecule has 0 atom stereocenters. The van der Waals surface area contributed by atoms with Crippen molar-refractivity contribution in [3.63, 3.8) is 0 Å². The van der Waals surface area contributed by atoms with Crippen LogP contribution in [0.2, 0.25) is 0 Å². The van der Waals surface area contributed by atoms with Gasteiger partial charge in [0.2, 0.25) is 5.91 Å². The molecule has 6 nitrogen and oxygen atoms in total. The maximum atomic E-state index is 11.1. The fourth-order valence-corrected chi connectivity index (χ4v) is 2.14. The van der Waals surface area contributed by atoms with Crippen LogP contribution in [0.4, 0.5) is 5.69 Å². The van der Waals surface area contributed by atoms with E-state index >= 15 is 0 Å². The highest BCUT2D eigenvalue weighted by Crippen LogP contribution is 2.11. The van der Waals surface area contributed by atoms with E-state index in [9.17, 15) is 4.79 Å². The number of amides is 1. The SMILES string of the molecule is CCNC(=NCc1cccc(NC(C)=O)c1)NCc1ccccn1.I.